The molecule has 0 unspecified atom stereocenters. The van der Waals surface area contributed by atoms with E-state index in [1.54, 1.807) is 30.3 Å². The molecule has 1 amide bonds. The molecule has 0 aliphatic carbocycles. The molecule has 1 aromatic carbocycles. The van der Waals surface area contributed by atoms with Crippen molar-refractivity contribution in [2.45, 2.75) is 37.2 Å². The highest BCUT2D eigenvalue weighted by Gasteiger charge is 2.25. The predicted molar refractivity (Wildman–Crippen MR) is 112 cm³/mol. The molecule has 30 heavy (non-hydrogen) atoms. The predicted octanol–water partition coefficient (Wildman–Crippen LogP) is 1.57. The first-order valence-electron chi connectivity index (χ1n) is 10.2. The van der Waals surface area contributed by atoms with Gasteiger partial charge >= 0.3 is 0 Å². The lowest BCUT2D eigenvalue weighted by atomic mass is 10.2. The van der Waals surface area contributed by atoms with Gasteiger partial charge in [-0.25, -0.2) is 13.4 Å². The summed E-state index contributed by atoms with van der Waals surface area (Å²) in [5, 5.41) is 2.84. The summed E-state index contributed by atoms with van der Waals surface area (Å²) in [6, 6.07) is 6.52. The summed E-state index contributed by atoms with van der Waals surface area (Å²) in [4.78, 5) is 16.9. The Morgan fingerprint density at radius 1 is 1.13 bits per heavy atom. The van der Waals surface area contributed by atoms with Crippen LogP contribution in [-0.2, 0) is 39.1 Å². The van der Waals surface area contributed by atoms with Crippen LogP contribution in [0.4, 0.5) is 0 Å². The minimum Gasteiger partial charge on any atom is -0.379 e. The fraction of sp³-hybridized carbons (Fsp3) is 0.429. The largest absolute Gasteiger partial charge is 0.379 e. The third kappa shape index (κ3) is 4.80. The fourth-order valence-corrected chi connectivity index (χ4v) is 5.06. The van der Waals surface area contributed by atoms with E-state index >= 15 is 0 Å². The zero-order chi connectivity index (χ0) is 21.0. The average Bonchev–Trinajstić information content (AvgIpc) is 3.20. The number of carbonyl (C=O) groups excluding carboxylic acids is 1. The molecule has 0 bridgehead atoms. The van der Waals surface area contributed by atoms with E-state index < -0.39 is 10.0 Å². The van der Waals surface area contributed by atoms with Crippen molar-refractivity contribution >= 4 is 22.0 Å². The lowest BCUT2D eigenvalue weighted by molar-refractivity contribution is -0.116. The molecule has 2 aliphatic heterocycles. The standard InChI is InChI=1S/C21H26N4O4S/c26-21(22-15-18-16-24-10-2-1-3-20(24)23-18)9-6-17-4-7-19(8-5-17)30(27,28)25-11-13-29-14-12-25/h4-9,16H,1-3,10-15H2,(H,22,26)/b9-6+. The molecule has 2 aliphatic rings. The molecule has 1 fully saturated rings. The number of fused-ring (bicyclic) bond motifs is 1. The van der Waals surface area contributed by atoms with E-state index in [9.17, 15) is 13.2 Å². The number of nitrogens with zero attached hydrogens (tertiary/aromatic N) is 3. The Morgan fingerprint density at radius 2 is 1.90 bits per heavy atom. The van der Waals surface area contributed by atoms with Gasteiger partial charge in [-0.15, -0.1) is 0 Å². The number of hydrogen-bond acceptors (Lipinski definition) is 5. The van der Waals surface area contributed by atoms with Crippen LogP contribution in [-0.4, -0.2) is 54.5 Å². The van der Waals surface area contributed by atoms with Gasteiger partial charge in [-0.05, 0) is 36.6 Å². The van der Waals surface area contributed by atoms with E-state index in [4.69, 9.17) is 4.74 Å². The molecule has 160 valence electrons. The summed E-state index contributed by atoms with van der Waals surface area (Å²) < 4.78 is 34.1. The Morgan fingerprint density at radius 3 is 2.63 bits per heavy atom. The molecule has 0 radical (unpaired) electrons. The van der Waals surface area contributed by atoms with E-state index in [1.807, 2.05) is 6.20 Å². The summed E-state index contributed by atoms with van der Waals surface area (Å²) in [5.74, 6) is 0.874. The number of sulfonamides is 1. The third-order valence-corrected chi connectivity index (χ3v) is 7.23. The number of amides is 1. The maximum absolute atomic E-state index is 12.6. The second kappa shape index (κ2) is 9.11. The summed E-state index contributed by atoms with van der Waals surface area (Å²) >= 11 is 0. The van der Waals surface area contributed by atoms with Crippen LogP contribution in [0.3, 0.4) is 0 Å². The van der Waals surface area contributed by atoms with E-state index in [0.717, 1.165) is 36.5 Å². The molecule has 8 nitrogen and oxygen atoms in total. The topological polar surface area (TPSA) is 93.5 Å². The minimum atomic E-state index is -3.51. The number of carbonyl (C=O) groups is 1. The maximum Gasteiger partial charge on any atom is 0.244 e. The van der Waals surface area contributed by atoms with Gasteiger partial charge in [0.1, 0.15) is 5.82 Å². The van der Waals surface area contributed by atoms with Crippen LogP contribution >= 0.6 is 0 Å². The summed E-state index contributed by atoms with van der Waals surface area (Å²) in [6.45, 7) is 2.94. The second-order valence-corrected chi connectivity index (χ2v) is 9.37. The Bertz CT molecular complexity index is 998. The zero-order valence-electron chi connectivity index (χ0n) is 16.8. The van der Waals surface area contributed by atoms with Crippen LogP contribution in [0.25, 0.3) is 6.08 Å². The Labute approximate surface area is 176 Å². The molecule has 4 rings (SSSR count). The van der Waals surface area contributed by atoms with E-state index in [-0.39, 0.29) is 10.8 Å². The Hall–Kier alpha value is -2.49. The number of aryl methyl sites for hydroxylation is 2. The molecule has 1 saturated heterocycles. The Balaban J connectivity index is 1.32. The van der Waals surface area contributed by atoms with E-state index in [2.05, 4.69) is 14.9 Å². The van der Waals surface area contributed by atoms with Crippen LogP contribution in [0.2, 0.25) is 0 Å². The van der Waals surface area contributed by atoms with Gasteiger partial charge in [0.15, 0.2) is 0 Å². The van der Waals surface area contributed by atoms with Crippen molar-refractivity contribution in [2.24, 2.45) is 0 Å². The summed E-state index contributed by atoms with van der Waals surface area (Å²) in [5.41, 5.74) is 1.62. The highest BCUT2D eigenvalue weighted by Crippen LogP contribution is 2.18. The number of rotatable bonds is 6. The van der Waals surface area contributed by atoms with Gasteiger partial charge in [0, 0.05) is 38.3 Å². The molecule has 0 spiro atoms. The molecule has 3 heterocycles. The quantitative estimate of drug-likeness (QED) is 0.702. The monoisotopic (exact) mass is 430 g/mol. The molecular formula is C21H26N4O4S. The van der Waals surface area contributed by atoms with E-state index in [1.165, 1.54) is 16.8 Å². The van der Waals surface area contributed by atoms with Crippen molar-refractivity contribution in [2.75, 3.05) is 26.3 Å². The van der Waals surface area contributed by atoms with Crippen molar-refractivity contribution in [3.05, 3.63) is 53.6 Å². The first-order valence-corrected chi connectivity index (χ1v) is 11.7. The number of benzene rings is 1. The molecule has 0 atom stereocenters. The highest BCUT2D eigenvalue weighted by molar-refractivity contribution is 7.89. The first-order chi connectivity index (χ1) is 14.5. The minimum absolute atomic E-state index is 0.217. The highest BCUT2D eigenvalue weighted by atomic mass is 32.2. The van der Waals surface area contributed by atoms with Crippen molar-refractivity contribution < 1.29 is 17.9 Å². The van der Waals surface area contributed by atoms with Crippen LogP contribution in [0.1, 0.15) is 29.9 Å². The van der Waals surface area contributed by atoms with Gasteiger partial charge in [0.05, 0.1) is 30.3 Å². The lowest BCUT2D eigenvalue weighted by Gasteiger charge is -2.26. The van der Waals surface area contributed by atoms with Gasteiger partial charge in [0.25, 0.3) is 0 Å². The summed E-state index contributed by atoms with van der Waals surface area (Å²) in [6.07, 6.45) is 8.44. The van der Waals surface area contributed by atoms with Crippen LogP contribution in [0, 0.1) is 0 Å². The van der Waals surface area contributed by atoms with Crippen LogP contribution in [0.15, 0.2) is 41.4 Å². The van der Waals surface area contributed by atoms with Gasteiger partial charge in [0.2, 0.25) is 15.9 Å². The van der Waals surface area contributed by atoms with Gasteiger partial charge in [-0.1, -0.05) is 12.1 Å². The Kier molecular flexibility index (Phi) is 6.31. The smallest absolute Gasteiger partial charge is 0.244 e. The van der Waals surface area contributed by atoms with Crippen LogP contribution in [0.5, 0.6) is 0 Å². The van der Waals surface area contributed by atoms with Gasteiger partial charge in [-0.3, -0.25) is 4.79 Å². The zero-order valence-corrected chi connectivity index (χ0v) is 17.6. The molecule has 0 saturated carbocycles. The molecule has 1 aromatic heterocycles. The maximum atomic E-state index is 12.6. The van der Waals surface area contributed by atoms with Crippen LogP contribution < -0.4 is 5.32 Å². The third-order valence-electron chi connectivity index (χ3n) is 5.32. The fourth-order valence-electron chi connectivity index (χ4n) is 3.65. The second-order valence-electron chi connectivity index (χ2n) is 7.44. The normalized spacial score (nSPS) is 17.7. The lowest BCUT2D eigenvalue weighted by Crippen LogP contribution is -2.40. The van der Waals surface area contributed by atoms with Crippen molar-refractivity contribution in [3.8, 4) is 0 Å². The van der Waals surface area contributed by atoms with Crippen molar-refractivity contribution in [1.82, 2.24) is 19.2 Å². The number of ether oxygens (including phenoxy) is 1. The number of hydrogen-bond donors (Lipinski definition) is 1. The van der Waals surface area contributed by atoms with Gasteiger partial charge < -0.3 is 14.6 Å². The molecule has 9 heteroatoms. The van der Waals surface area contributed by atoms with Crippen molar-refractivity contribution in [3.63, 3.8) is 0 Å². The van der Waals surface area contributed by atoms with Gasteiger partial charge in [-0.2, -0.15) is 4.31 Å². The van der Waals surface area contributed by atoms with E-state index in [0.29, 0.717) is 32.8 Å². The number of aromatic nitrogens is 2. The first kappa shape index (κ1) is 20.8. The SMILES string of the molecule is O=C(/C=C/c1ccc(S(=O)(=O)N2CCOCC2)cc1)NCc1cn2c(n1)CCCC2. The molecule has 1 N–H and O–H groups in total. The summed E-state index contributed by atoms with van der Waals surface area (Å²) in [7, 11) is -3.51. The average molecular weight is 431 g/mol. The number of imidazole rings is 1. The molecular weight excluding hydrogens is 404 g/mol. The number of nitrogens with one attached hydrogen (secondary N) is 1. The molecule has 2 aromatic rings. The van der Waals surface area contributed by atoms with Crippen molar-refractivity contribution in [1.29, 1.82) is 0 Å². The number of morpholine rings is 1.